The van der Waals surface area contributed by atoms with Crippen LogP contribution in [0, 0.1) is 5.82 Å². The highest BCUT2D eigenvalue weighted by molar-refractivity contribution is 8.00. The number of benzene rings is 1. The number of halogens is 1. The summed E-state index contributed by atoms with van der Waals surface area (Å²) in [6.45, 7) is 0. The van der Waals surface area contributed by atoms with Crippen LogP contribution >= 0.6 is 11.8 Å². The van der Waals surface area contributed by atoms with Crippen molar-refractivity contribution in [3.05, 3.63) is 24.0 Å². The largest absolute Gasteiger partial charge is 0.395 e. The van der Waals surface area contributed by atoms with E-state index in [2.05, 4.69) is 0 Å². The highest BCUT2D eigenvalue weighted by atomic mass is 32.2. The summed E-state index contributed by atoms with van der Waals surface area (Å²) in [5, 5.41) is 0. The first kappa shape index (κ1) is 12.3. The van der Waals surface area contributed by atoms with Crippen LogP contribution in [0.25, 0.3) is 0 Å². The number of para-hydroxylation sites is 1. The summed E-state index contributed by atoms with van der Waals surface area (Å²) in [5.74, 6) is -0.0283. The zero-order valence-electron chi connectivity index (χ0n) is 8.23. The second-order valence-electron chi connectivity index (χ2n) is 3.13. The molecule has 0 spiro atoms. The fourth-order valence-corrected chi connectivity index (χ4v) is 3.14. The van der Waals surface area contributed by atoms with Gasteiger partial charge < -0.3 is 5.73 Å². The van der Waals surface area contributed by atoms with Crippen LogP contribution in [0.4, 0.5) is 10.1 Å². The Hall–Kier alpha value is -0.750. The minimum atomic E-state index is -2.97. The summed E-state index contributed by atoms with van der Waals surface area (Å²) in [6.07, 6.45) is 1.17. The second-order valence-corrected chi connectivity index (χ2v) is 6.53. The molecular weight excluding hydrogens is 237 g/mol. The molecule has 0 aliphatic heterocycles. The molecule has 6 heteroatoms. The monoisotopic (exact) mass is 249 g/mol. The van der Waals surface area contributed by atoms with E-state index >= 15 is 0 Å². The molecule has 0 heterocycles. The maximum absolute atomic E-state index is 13.0. The molecular formula is C9H12FNO2S2. The predicted octanol–water partition coefficient (Wildman–Crippen LogP) is 1.54. The van der Waals surface area contributed by atoms with Crippen LogP contribution in [0.5, 0.6) is 0 Å². The summed E-state index contributed by atoms with van der Waals surface area (Å²) in [5.41, 5.74) is 5.57. The summed E-state index contributed by atoms with van der Waals surface area (Å²) >= 11 is 1.24. The molecule has 0 radical (unpaired) electrons. The van der Waals surface area contributed by atoms with Crippen molar-refractivity contribution in [1.29, 1.82) is 0 Å². The number of rotatable bonds is 4. The average molecular weight is 249 g/mol. The molecule has 0 unspecified atom stereocenters. The smallest absolute Gasteiger partial charge is 0.148 e. The van der Waals surface area contributed by atoms with Crippen molar-refractivity contribution in [2.24, 2.45) is 0 Å². The molecule has 0 amide bonds. The molecule has 1 aromatic rings. The van der Waals surface area contributed by atoms with Gasteiger partial charge in [-0.15, -0.1) is 11.8 Å². The van der Waals surface area contributed by atoms with Gasteiger partial charge in [-0.2, -0.15) is 0 Å². The van der Waals surface area contributed by atoms with Crippen molar-refractivity contribution in [2.75, 3.05) is 23.5 Å². The van der Waals surface area contributed by atoms with Crippen LogP contribution in [0.2, 0.25) is 0 Å². The normalized spacial score (nSPS) is 11.6. The molecule has 0 fully saturated rings. The number of hydrogen-bond donors (Lipinski definition) is 1. The topological polar surface area (TPSA) is 60.2 Å². The van der Waals surface area contributed by atoms with E-state index in [9.17, 15) is 12.8 Å². The van der Waals surface area contributed by atoms with E-state index in [4.69, 9.17) is 5.73 Å². The SMILES string of the molecule is CS(=O)(=O)CCSc1cccc(F)c1N. The Morgan fingerprint density at radius 1 is 1.47 bits per heavy atom. The molecule has 15 heavy (non-hydrogen) atoms. The Kier molecular flexibility index (Phi) is 3.98. The molecule has 0 bridgehead atoms. The molecule has 0 aromatic heterocycles. The zero-order valence-corrected chi connectivity index (χ0v) is 9.87. The fraction of sp³-hybridized carbons (Fsp3) is 0.333. The third kappa shape index (κ3) is 4.09. The Labute approximate surface area is 92.8 Å². The Morgan fingerprint density at radius 3 is 2.73 bits per heavy atom. The standard InChI is InChI=1S/C9H12FNO2S2/c1-15(12,13)6-5-14-8-4-2-3-7(10)9(8)11/h2-4H,5-6,11H2,1H3. The quantitative estimate of drug-likeness (QED) is 0.649. The Bertz CT molecular complexity index is 445. The van der Waals surface area contributed by atoms with Gasteiger partial charge in [-0.05, 0) is 12.1 Å². The second kappa shape index (κ2) is 4.85. The van der Waals surface area contributed by atoms with E-state index in [1.54, 1.807) is 12.1 Å². The van der Waals surface area contributed by atoms with Crippen LogP contribution in [-0.2, 0) is 9.84 Å². The van der Waals surface area contributed by atoms with E-state index in [1.807, 2.05) is 0 Å². The van der Waals surface area contributed by atoms with Crippen molar-refractivity contribution >= 4 is 27.3 Å². The summed E-state index contributed by atoms with van der Waals surface area (Å²) < 4.78 is 34.7. The summed E-state index contributed by atoms with van der Waals surface area (Å²) in [7, 11) is -2.97. The minimum absolute atomic E-state index is 0.0631. The highest BCUT2D eigenvalue weighted by Gasteiger charge is 2.07. The number of nitrogens with two attached hydrogens (primary N) is 1. The molecule has 0 aliphatic rings. The third-order valence-electron chi connectivity index (χ3n) is 1.72. The zero-order chi connectivity index (χ0) is 11.5. The van der Waals surface area contributed by atoms with E-state index < -0.39 is 15.7 Å². The van der Waals surface area contributed by atoms with Crippen LogP contribution in [0.15, 0.2) is 23.1 Å². The maximum atomic E-state index is 13.0. The number of sulfone groups is 1. The van der Waals surface area contributed by atoms with Crippen molar-refractivity contribution in [1.82, 2.24) is 0 Å². The van der Waals surface area contributed by atoms with Gasteiger partial charge >= 0.3 is 0 Å². The molecule has 0 aliphatic carbocycles. The number of hydrogen-bond acceptors (Lipinski definition) is 4. The van der Waals surface area contributed by atoms with Gasteiger partial charge in [0.1, 0.15) is 15.7 Å². The molecule has 1 aromatic carbocycles. The van der Waals surface area contributed by atoms with Crippen molar-refractivity contribution in [2.45, 2.75) is 4.90 Å². The first-order valence-electron chi connectivity index (χ1n) is 4.24. The van der Waals surface area contributed by atoms with Gasteiger partial charge in [-0.25, -0.2) is 12.8 Å². The lowest BCUT2D eigenvalue weighted by atomic mass is 10.3. The first-order chi connectivity index (χ1) is 6.90. The summed E-state index contributed by atoms with van der Waals surface area (Å²) in [6, 6.07) is 4.50. The molecule has 1 rings (SSSR count). The highest BCUT2D eigenvalue weighted by Crippen LogP contribution is 2.26. The first-order valence-corrected chi connectivity index (χ1v) is 7.29. The van der Waals surface area contributed by atoms with Crippen LogP contribution in [0.1, 0.15) is 0 Å². The lowest BCUT2D eigenvalue weighted by Crippen LogP contribution is -2.05. The van der Waals surface area contributed by atoms with E-state index in [-0.39, 0.29) is 11.4 Å². The lowest BCUT2D eigenvalue weighted by Gasteiger charge is -2.05. The number of nitrogen functional groups attached to an aromatic ring is 1. The van der Waals surface area contributed by atoms with Gasteiger partial charge in [0.25, 0.3) is 0 Å². The van der Waals surface area contributed by atoms with E-state index in [0.717, 1.165) is 0 Å². The molecule has 84 valence electrons. The molecule has 0 saturated heterocycles. The van der Waals surface area contributed by atoms with Gasteiger partial charge in [0.15, 0.2) is 0 Å². The third-order valence-corrected chi connectivity index (χ3v) is 4.00. The van der Waals surface area contributed by atoms with Crippen molar-refractivity contribution in [3.63, 3.8) is 0 Å². The maximum Gasteiger partial charge on any atom is 0.148 e. The fourth-order valence-electron chi connectivity index (χ4n) is 0.946. The molecule has 2 N–H and O–H groups in total. The van der Waals surface area contributed by atoms with E-state index in [0.29, 0.717) is 10.6 Å². The Balaban J connectivity index is 2.62. The van der Waals surface area contributed by atoms with Gasteiger partial charge in [0.05, 0.1) is 11.4 Å². The van der Waals surface area contributed by atoms with Gasteiger partial charge in [0, 0.05) is 16.9 Å². The minimum Gasteiger partial charge on any atom is -0.395 e. The molecule has 0 saturated carbocycles. The van der Waals surface area contributed by atoms with Crippen molar-refractivity contribution < 1.29 is 12.8 Å². The predicted molar refractivity (Wildman–Crippen MR) is 61.2 cm³/mol. The van der Waals surface area contributed by atoms with Gasteiger partial charge in [-0.1, -0.05) is 6.07 Å². The number of thioether (sulfide) groups is 1. The Morgan fingerprint density at radius 2 is 2.13 bits per heavy atom. The summed E-state index contributed by atoms with van der Waals surface area (Å²) in [4.78, 5) is 0.582. The van der Waals surface area contributed by atoms with Crippen molar-refractivity contribution in [3.8, 4) is 0 Å². The van der Waals surface area contributed by atoms with Crippen LogP contribution in [-0.4, -0.2) is 26.2 Å². The van der Waals surface area contributed by atoms with E-state index in [1.165, 1.54) is 24.1 Å². The number of anilines is 1. The lowest BCUT2D eigenvalue weighted by molar-refractivity contribution is 0.603. The van der Waals surface area contributed by atoms with Gasteiger partial charge in [-0.3, -0.25) is 0 Å². The molecule has 3 nitrogen and oxygen atoms in total. The van der Waals surface area contributed by atoms with Crippen LogP contribution < -0.4 is 5.73 Å². The average Bonchev–Trinajstić information content (AvgIpc) is 2.10. The van der Waals surface area contributed by atoms with Gasteiger partial charge in [0.2, 0.25) is 0 Å². The molecule has 0 atom stereocenters. The van der Waals surface area contributed by atoms with Crippen LogP contribution in [0.3, 0.4) is 0 Å².